The largest absolute Gasteiger partial charge is 0.615 e. The van der Waals surface area contributed by atoms with Gasteiger partial charge in [0.2, 0.25) is 5.52 Å². The van der Waals surface area contributed by atoms with Crippen LogP contribution in [-0.4, -0.2) is 12.1 Å². The van der Waals surface area contributed by atoms with Crippen LogP contribution in [0.25, 0.3) is 11.0 Å². The van der Waals surface area contributed by atoms with Gasteiger partial charge in [0, 0.05) is 6.07 Å². The quantitative estimate of drug-likeness (QED) is 0.478. The Morgan fingerprint density at radius 2 is 2.15 bits per heavy atom. The molecule has 0 aliphatic heterocycles. The van der Waals surface area contributed by atoms with Crippen molar-refractivity contribution in [3.63, 3.8) is 0 Å². The maximum absolute atomic E-state index is 11.5. The molecule has 0 aliphatic carbocycles. The second-order valence-electron chi connectivity index (χ2n) is 2.58. The van der Waals surface area contributed by atoms with Crippen LogP contribution in [0.4, 0.5) is 0 Å². The summed E-state index contributed by atoms with van der Waals surface area (Å²) in [7, 11) is 1.44. The van der Waals surface area contributed by atoms with Gasteiger partial charge in [-0.15, -0.1) is 4.73 Å². The molecule has 1 aromatic heterocycles. The second-order valence-corrected chi connectivity index (χ2v) is 2.58. The summed E-state index contributed by atoms with van der Waals surface area (Å²) in [5, 5.41) is 11.5. The Morgan fingerprint density at radius 3 is 2.92 bits per heavy atom. The van der Waals surface area contributed by atoms with Crippen molar-refractivity contribution < 1.29 is 9.47 Å². The Labute approximate surface area is 75.0 Å². The molecule has 66 valence electrons. The Hall–Kier alpha value is -1.84. The molecule has 0 fully saturated rings. The van der Waals surface area contributed by atoms with Crippen LogP contribution in [-0.2, 0) is 0 Å². The highest BCUT2D eigenvalue weighted by Gasteiger charge is 2.09. The van der Waals surface area contributed by atoms with Crippen molar-refractivity contribution in [3.8, 4) is 5.88 Å². The molecule has 0 amide bonds. The van der Waals surface area contributed by atoms with Gasteiger partial charge >= 0.3 is 5.88 Å². The van der Waals surface area contributed by atoms with Crippen molar-refractivity contribution in [3.05, 3.63) is 35.7 Å². The number of fused-ring (bicyclic) bond motifs is 1. The van der Waals surface area contributed by atoms with Crippen LogP contribution in [0.5, 0.6) is 5.88 Å². The zero-order valence-electron chi connectivity index (χ0n) is 7.10. The molecular weight excluding hydrogens is 168 g/mol. The number of ether oxygens (including phenoxy) is 1. The van der Waals surface area contributed by atoms with E-state index in [1.165, 1.54) is 13.3 Å². The van der Waals surface area contributed by atoms with Crippen LogP contribution in [0.15, 0.2) is 30.5 Å². The monoisotopic (exact) mass is 176 g/mol. The summed E-state index contributed by atoms with van der Waals surface area (Å²) in [6.45, 7) is 0. The minimum Gasteiger partial charge on any atom is -0.615 e. The van der Waals surface area contributed by atoms with Gasteiger partial charge in [0.05, 0.1) is 7.11 Å². The summed E-state index contributed by atoms with van der Waals surface area (Å²) in [4.78, 5) is 4.07. The lowest BCUT2D eigenvalue weighted by Gasteiger charge is -2.03. The molecule has 1 aromatic carbocycles. The molecule has 0 spiro atoms. The Morgan fingerprint density at radius 1 is 1.38 bits per heavy atom. The highest BCUT2D eigenvalue weighted by Crippen LogP contribution is 2.09. The Bertz CT molecular complexity index is 443. The van der Waals surface area contributed by atoms with Gasteiger partial charge in [-0.2, -0.15) is 0 Å². The van der Waals surface area contributed by atoms with Crippen LogP contribution < -0.4 is 9.47 Å². The summed E-state index contributed by atoms with van der Waals surface area (Å²) in [5.74, 6) is 0.207. The number of benzene rings is 1. The first kappa shape index (κ1) is 7.79. The predicted molar refractivity (Wildman–Crippen MR) is 47.3 cm³/mol. The molecule has 0 radical (unpaired) electrons. The third kappa shape index (κ3) is 1.16. The zero-order valence-corrected chi connectivity index (χ0v) is 7.10. The van der Waals surface area contributed by atoms with E-state index in [1.54, 1.807) is 18.2 Å². The second kappa shape index (κ2) is 2.90. The number of rotatable bonds is 1. The zero-order chi connectivity index (χ0) is 9.26. The minimum absolute atomic E-state index is 0.207. The van der Waals surface area contributed by atoms with E-state index in [4.69, 9.17) is 4.74 Å². The summed E-state index contributed by atoms with van der Waals surface area (Å²) in [6.07, 6.45) is 1.41. The van der Waals surface area contributed by atoms with Gasteiger partial charge in [-0.25, -0.2) is 4.98 Å². The van der Waals surface area contributed by atoms with Crippen LogP contribution in [0, 0.1) is 5.21 Å². The van der Waals surface area contributed by atoms with E-state index in [0.29, 0.717) is 11.0 Å². The van der Waals surface area contributed by atoms with Crippen LogP contribution in [0.1, 0.15) is 0 Å². The normalized spacial score (nSPS) is 10.2. The molecule has 0 bridgehead atoms. The molecule has 0 saturated carbocycles. The van der Waals surface area contributed by atoms with Crippen molar-refractivity contribution in [1.82, 2.24) is 4.98 Å². The van der Waals surface area contributed by atoms with Gasteiger partial charge in [0.25, 0.3) is 0 Å². The average molecular weight is 176 g/mol. The molecule has 1 heterocycles. The Kier molecular flexibility index (Phi) is 1.73. The Balaban J connectivity index is 2.79. The summed E-state index contributed by atoms with van der Waals surface area (Å²) >= 11 is 0. The fourth-order valence-corrected chi connectivity index (χ4v) is 1.18. The van der Waals surface area contributed by atoms with E-state index in [9.17, 15) is 5.21 Å². The number of methoxy groups -OCH3 is 1. The van der Waals surface area contributed by atoms with Crippen molar-refractivity contribution in [2.75, 3.05) is 7.11 Å². The molecule has 2 rings (SSSR count). The highest BCUT2D eigenvalue weighted by atomic mass is 16.5. The standard InChI is InChI=1S/C9H8N2O2/c1-13-9-6-10-7-4-2-3-5-8(7)11(9)12/h2-6H,1H3. The van der Waals surface area contributed by atoms with Crippen molar-refractivity contribution in [1.29, 1.82) is 0 Å². The fourth-order valence-electron chi connectivity index (χ4n) is 1.18. The summed E-state index contributed by atoms with van der Waals surface area (Å²) in [5.41, 5.74) is 1.18. The molecule has 0 aliphatic rings. The first-order valence-corrected chi connectivity index (χ1v) is 3.84. The average Bonchev–Trinajstić information content (AvgIpc) is 2.19. The fraction of sp³-hybridized carbons (Fsp3) is 0.111. The van der Waals surface area contributed by atoms with Gasteiger partial charge in [-0.1, -0.05) is 12.1 Å². The lowest BCUT2D eigenvalue weighted by molar-refractivity contribution is -0.585. The number of hydrogen-bond donors (Lipinski definition) is 0. The van der Waals surface area contributed by atoms with E-state index in [-0.39, 0.29) is 5.88 Å². The number of hydrogen-bond acceptors (Lipinski definition) is 3. The summed E-state index contributed by atoms with van der Waals surface area (Å²) < 4.78 is 5.57. The van der Waals surface area contributed by atoms with Crippen LogP contribution in [0.3, 0.4) is 0 Å². The van der Waals surface area contributed by atoms with Crippen molar-refractivity contribution in [2.45, 2.75) is 0 Å². The predicted octanol–water partition coefficient (Wildman–Crippen LogP) is 0.877. The summed E-state index contributed by atoms with van der Waals surface area (Å²) in [6, 6.07) is 7.11. The van der Waals surface area contributed by atoms with E-state index in [0.717, 1.165) is 4.73 Å². The maximum Gasteiger partial charge on any atom is 0.398 e. The minimum atomic E-state index is 0.207. The molecular formula is C9H8N2O2. The van der Waals surface area contributed by atoms with Crippen LogP contribution >= 0.6 is 0 Å². The van der Waals surface area contributed by atoms with Crippen molar-refractivity contribution >= 4 is 11.0 Å². The smallest absolute Gasteiger partial charge is 0.398 e. The third-order valence-corrected chi connectivity index (χ3v) is 1.82. The molecule has 4 nitrogen and oxygen atoms in total. The van der Waals surface area contributed by atoms with E-state index in [1.807, 2.05) is 6.07 Å². The molecule has 0 N–H and O–H groups in total. The molecule has 13 heavy (non-hydrogen) atoms. The van der Waals surface area contributed by atoms with Gasteiger partial charge in [0.1, 0.15) is 11.7 Å². The SMILES string of the molecule is COc1cnc2ccccc2[n+]1[O-]. The van der Waals surface area contributed by atoms with E-state index < -0.39 is 0 Å². The van der Waals surface area contributed by atoms with E-state index >= 15 is 0 Å². The molecule has 0 atom stereocenters. The molecule has 0 saturated heterocycles. The van der Waals surface area contributed by atoms with Gasteiger partial charge in [0.15, 0.2) is 0 Å². The van der Waals surface area contributed by atoms with E-state index in [2.05, 4.69) is 4.98 Å². The van der Waals surface area contributed by atoms with Crippen LogP contribution in [0.2, 0.25) is 0 Å². The maximum atomic E-state index is 11.5. The number of aromatic nitrogens is 2. The highest BCUT2D eigenvalue weighted by molar-refractivity contribution is 5.70. The number of para-hydroxylation sites is 2. The van der Waals surface area contributed by atoms with Gasteiger partial charge in [-0.3, -0.25) is 0 Å². The van der Waals surface area contributed by atoms with Gasteiger partial charge in [-0.05, 0) is 6.07 Å². The first-order chi connectivity index (χ1) is 6.33. The molecule has 2 aromatic rings. The lowest BCUT2D eigenvalue weighted by Crippen LogP contribution is -2.29. The molecule has 0 unspecified atom stereocenters. The molecule has 4 heteroatoms. The van der Waals surface area contributed by atoms with Crippen molar-refractivity contribution in [2.24, 2.45) is 0 Å². The third-order valence-electron chi connectivity index (χ3n) is 1.82. The first-order valence-electron chi connectivity index (χ1n) is 3.84. The topological polar surface area (TPSA) is 49.1 Å². The lowest BCUT2D eigenvalue weighted by atomic mass is 10.3. The van der Waals surface area contributed by atoms with Gasteiger partial charge < -0.3 is 9.94 Å². The number of nitrogens with zero attached hydrogens (tertiary/aromatic N) is 2.